The molecule has 11 nitrogen and oxygen atoms in total. The first kappa shape index (κ1) is 24.7. The van der Waals surface area contributed by atoms with Crippen molar-refractivity contribution in [1.82, 2.24) is 20.0 Å². The summed E-state index contributed by atoms with van der Waals surface area (Å²) < 4.78 is 58.9. The fraction of sp³-hybridized carbons (Fsp3) is 1.00. The van der Waals surface area contributed by atoms with Crippen molar-refractivity contribution in [3.8, 4) is 0 Å². The van der Waals surface area contributed by atoms with Gasteiger partial charge in [-0.05, 0) is 0 Å². The summed E-state index contributed by atoms with van der Waals surface area (Å²) in [6.45, 7) is 8.40. The Morgan fingerprint density at radius 1 is 0.667 bits per heavy atom. The second-order valence-corrected chi connectivity index (χ2v) is 9.71. The summed E-state index contributed by atoms with van der Waals surface area (Å²) in [4.78, 5) is 6.15. The fourth-order valence-electron chi connectivity index (χ4n) is 2.80. The van der Waals surface area contributed by atoms with Crippen LogP contribution in [0.3, 0.4) is 0 Å². The molecule has 27 heavy (non-hydrogen) atoms. The third-order valence-corrected chi connectivity index (χ3v) is 5.82. The van der Waals surface area contributed by atoms with Crippen molar-refractivity contribution in [2.45, 2.75) is 0 Å². The Kier molecular flexibility index (Phi) is 11.2. The van der Waals surface area contributed by atoms with Gasteiger partial charge >= 0.3 is 0 Å². The van der Waals surface area contributed by atoms with Crippen LogP contribution in [0.1, 0.15) is 0 Å². The number of aliphatic hydroxyl groups excluding tert-OH is 1. The summed E-state index contributed by atoms with van der Waals surface area (Å²) in [6.07, 6.45) is 0. The Bertz CT molecular complexity index is 601. The van der Waals surface area contributed by atoms with Crippen molar-refractivity contribution in [3.05, 3.63) is 0 Å². The Labute approximate surface area is 161 Å². The molecule has 2 saturated heterocycles. The van der Waals surface area contributed by atoms with Crippen LogP contribution in [0.4, 0.5) is 0 Å². The average molecular weight is 433 g/mol. The highest BCUT2D eigenvalue weighted by Crippen LogP contribution is 2.01. The van der Waals surface area contributed by atoms with Gasteiger partial charge in [-0.1, -0.05) is 0 Å². The molecule has 2 heterocycles. The Morgan fingerprint density at radius 3 is 1.41 bits per heavy atom. The first-order valence-electron chi connectivity index (χ1n) is 8.98. The van der Waals surface area contributed by atoms with Gasteiger partial charge in [-0.3, -0.25) is 23.8 Å². The molecular weight excluding hydrogens is 400 g/mol. The quantitative estimate of drug-likeness (QED) is 0.296. The van der Waals surface area contributed by atoms with Crippen LogP contribution in [-0.2, 0) is 20.2 Å². The number of hydrogen-bond donors (Lipinski definition) is 4. The third kappa shape index (κ3) is 13.4. The molecule has 0 amide bonds. The molecule has 2 rings (SSSR count). The second-order valence-electron chi connectivity index (χ2n) is 6.57. The molecule has 0 aliphatic carbocycles. The minimum absolute atomic E-state index is 0.158. The van der Waals surface area contributed by atoms with Crippen molar-refractivity contribution < 1.29 is 31.0 Å². The smallest absolute Gasteiger partial charge is 0.266 e. The van der Waals surface area contributed by atoms with Gasteiger partial charge in [0.2, 0.25) is 0 Å². The number of hydrogen-bond acceptors (Lipinski definition) is 9. The molecule has 13 heteroatoms. The average Bonchev–Trinajstić information content (AvgIpc) is 2.60. The zero-order chi connectivity index (χ0) is 20.3. The fourth-order valence-corrected chi connectivity index (χ4v) is 3.78. The predicted octanol–water partition coefficient (Wildman–Crippen LogP) is -2.74. The normalized spacial score (nSPS) is 20.9. The molecule has 2 aliphatic heterocycles. The molecule has 2 fully saturated rings. The predicted molar refractivity (Wildman–Crippen MR) is 102 cm³/mol. The van der Waals surface area contributed by atoms with E-state index >= 15 is 0 Å². The minimum atomic E-state index is -3.84. The van der Waals surface area contributed by atoms with Gasteiger partial charge < -0.3 is 10.4 Å². The molecule has 0 aromatic heterocycles. The van der Waals surface area contributed by atoms with E-state index in [0.29, 0.717) is 19.6 Å². The largest absolute Gasteiger partial charge is 0.395 e. The molecule has 162 valence electrons. The third-order valence-electron chi connectivity index (χ3n) is 4.42. The van der Waals surface area contributed by atoms with Gasteiger partial charge in [-0.2, -0.15) is 16.8 Å². The molecule has 4 N–H and O–H groups in total. The van der Waals surface area contributed by atoms with E-state index in [1.807, 2.05) is 9.80 Å². The topological polar surface area (TPSA) is 151 Å². The van der Waals surface area contributed by atoms with Crippen molar-refractivity contribution in [2.24, 2.45) is 0 Å². The van der Waals surface area contributed by atoms with Crippen molar-refractivity contribution in [3.63, 3.8) is 0 Å². The standard InChI is InChI=1S/C8H18N2O4S.C6H14N2O3S/c11-7-5-9-1-3-10(4-2-9)6-8-15(12,13)14;9-12(10,11)6-5-8-3-1-7-2-4-8/h11H,1-8H2,(H,12,13,14);7H,1-6H2,(H,9,10,11). The molecular formula is C14H32N4O7S2. The molecule has 0 spiro atoms. The van der Waals surface area contributed by atoms with Crippen LogP contribution >= 0.6 is 0 Å². The second kappa shape index (κ2) is 12.2. The van der Waals surface area contributed by atoms with Crippen LogP contribution in [0.25, 0.3) is 0 Å². The first-order chi connectivity index (χ1) is 12.6. The summed E-state index contributed by atoms with van der Waals surface area (Å²) in [5.74, 6) is -0.361. The molecule has 0 aromatic carbocycles. The van der Waals surface area contributed by atoms with E-state index < -0.39 is 20.2 Å². The van der Waals surface area contributed by atoms with Crippen LogP contribution in [0.15, 0.2) is 0 Å². The molecule has 0 atom stereocenters. The minimum Gasteiger partial charge on any atom is -0.395 e. The molecule has 0 unspecified atom stereocenters. The zero-order valence-corrected chi connectivity index (χ0v) is 17.2. The Morgan fingerprint density at radius 2 is 1.04 bits per heavy atom. The highest BCUT2D eigenvalue weighted by atomic mass is 32.2. The van der Waals surface area contributed by atoms with Crippen molar-refractivity contribution in [2.75, 3.05) is 90.1 Å². The van der Waals surface area contributed by atoms with E-state index in [1.54, 1.807) is 0 Å². The van der Waals surface area contributed by atoms with Crippen LogP contribution in [-0.4, -0.2) is 136 Å². The number of nitrogens with zero attached hydrogens (tertiary/aromatic N) is 3. The first-order valence-corrected chi connectivity index (χ1v) is 12.2. The number of nitrogens with one attached hydrogen (secondary N) is 1. The van der Waals surface area contributed by atoms with Crippen LogP contribution in [0.2, 0.25) is 0 Å². The van der Waals surface area contributed by atoms with Gasteiger partial charge in [0.05, 0.1) is 18.1 Å². The monoisotopic (exact) mass is 432 g/mol. The van der Waals surface area contributed by atoms with Gasteiger partial charge in [0.15, 0.2) is 0 Å². The molecule has 0 aromatic rings. The lowest BCUT2D eigenvalue weighted by molar-refractivity contribution is 0.116. The lowest BCUT2D eigenvalue weighted by atomic mass is 10.3. The molecule has 0 saturated carbocycles. The number of piperazine rings is 2. The van der Waals surface area contributed by atoms with Gasteiger partial charge in [0, 0.05) is 72.0 Å². The van der Waals surface area contributed by atoms with Gasteiger partial charge in [0.1, 0.15) is 0 Å². The maximum Gasteiger partial charge on any atom is 0.266 e. The van der Waals surface area contributed by atoms with E-state index in [-0.39, 0.29) is 18.1 Å². The zero-order valence-electron chi connectivity index (χ0n) is 15.5. The summed E-state index contributed by atoms with van der Waals surface area (Å²) in [6, 6.07) is 0. The Hall–Kier alpha value is -0.380. The maximum atomic E-state index is 10.5. The SMILES string of the molecule is O=S(=O)(O)CCN1CCN(CCO)CC1.O=S(=O)(O)CCN1CCNCC1. The van der Waals surface area contributed by atoms with Gasteiger partial charge in [0.25, 0.3) is 20.2 Å². The van der Waals surface area contributed by atoms with E-state index in [2.05, 4.69) is 10.2 Å². The van der Waals surface area contributed by atoms with Crippen LogP contribution < -0.4 is 5.32 Å². The van der Waals surface area contributed by atoms with E-state index in [0.717, 1.165) is 52.4 Å². The summed E-state index contributed by atoms with van der Waals surface area (Å²) in [5.41, 5.74) is 0. The summed E-state index contributed by atoms with van der Waals surface area (Å²) in [5, 5.41) is 11.9. The maximum absolute atomic E-state index is 10.5. The Balaban J connectivity index is 0.000000277. The van der Waals surface area contributed by atoms with Gasteiger partial charge in [-0.25, -0.2) is 0 Å². The lowest BCUT2D eigenvalue weighted by Crippen LogP contribution is -2.48. The lowest BCUT2D eigenvalue weighted by Gasteiger charge is -2.33. The highest BCUT2D eigenvalue weighted by molar-refractivity contribution is 7.86. The van der Waals surface area contributed by atoms with E-state index in [1.165, 1.54) is 0 Å². The summed E-state index contributed by atoms with van der Waals surface area (Å²) in [7, 11) is -7.63. The van der Waals surface area contributed by atoms with E-state index in [9.17, 15) is 16.8 Å². The highest BCUT2D eigenvalue weighted by Gasteiger charge is 2.17. The van der Waals surface area contributed by atoms with Crippen LogP contribution in [0, 0.1) is 0 Å². The number of β-amino-alcohol motifs (C(OH)–C–C–N with tert-alkyl or cyclic N) is 1. The number of rotatable bonds is 8. The molecule has 0 bridgehead atoms. The number of aliphatic hydroxyl groups is 1. The summed E-state index contributed by atoms with van der Waals surface area (Å²) >= 11 is 0. The van der Waals surface area contributed by atoms with E-state index in [4.69, 9.17) is 14.2 Å². The van der Waals surface area contributed by atoms with Gasteiger partial charge in [-0.15, -0.1) is 0 Å². The molecule has 2 aliphatic rings. The molecule has 0 radical (unpaired) electrons. The van der Waals surface area contributed by atoms with Crippen molar-refractivity contribution in [1.29, 1.82) is 0 Å². The van der Waals surface area contributed by atoms with Crippen LogP contribution in [0.5, 0.6) is 0 Å². The van der Waals surface area contributed by atoms with Crippen molar-refractivity contribution >= 4 is 20.2 Å².